The number of rotatable bonds is 10. The highest BCUT2D eigenvalue weighted by molar-refractivity contribution is 5.89. The summed E-state index contributed by atoms with van der Waals surface area (Å²) in [6.45, 7) is 7.07. The average molecular weight is 443 g/mol. The Morgan fingerprint density at radius 3 is 2.18 bits per heavy atom. The minimum absolute atomic E-state index is 0.0440. The molecule has 172 valence electrons. The molecule has 0 saturated carbocycles. The quantitative estimate of drug-likeness (QED) is 0.480. The molecular formula is C29H34N2O2. The van der Waals surface area contributed by atoms with Crippen LogP contribution in [0.5, 0.6) is 0 Å². The van der Waals surface area contributed by atoms with Crippen LogP contribution in [-0.4, -0.2) is 29.3 Å². The molecule has 3 aromatic carbocycles. The van der Waals surface area contributed by atoms with Gasteiger partial charge in [-0.1, -0.05) is 91.3 Å². The van der Waals surface area contributed by atoms with Crippen LogP contribution in [0.25, 0.3) is 0 Å². The number of nitrogens with zero attached hydrogens (tertiary/aromatic N) is 1. The molecule has 2 amide bonds. The Kier molecular flexibility index (Phi) is 8.82. The predicted octanol–water partition coefficient (Wildman–Crippen LogP) is 5.01. The number of aryl methyl sites for hydroxylation is 2. The van der Waals surface area contributed by atoms with Gasteiger partial charge in [-0.25, -0.2) is 0 Å². The summed E-state index contributed by atoms with van der Waals surface area (Å²) in [5.41, 5.74) is 5.28. The zero-order valence-electron chi connectivity index (χ0n) is 19.9. The molecule has 3 aromatic rings. The Hall–Kier alpha value is -3.40. The first-order valence-electron chi connectivity index (χ1n) is 11.7. The van der Waals surface area contributed by atoms with Crippen molar-refractivity contribution in [1.29, 1.82) is 0 Å². The molecule has 4 nitrogen and oxygen atoms in total. The average Bonchev–Trinajstić information content (AvgIpc) is 2.83. The Bertz CT molecular complexity index is 1040. The summed E-state index contributed by atoms with van der Waals surface area (Å²) < 4.78 is 0. The van der Waals surface area contributed by atoms with Crippen molar-refractivity contribution >= 4 is 11.8 Å². The van der Waals surface area contributed by atoms with Gasteiger partial charge in [0, 0.05) is 19.5 Å². The van der Waals surface area contributed by atoms with Crippen molar-refractivity contribution in [3.63, 3.8) is 0 Å². The molecular weight excluding hydrogens is 408 g/mol. The maximum atomic E-state index is 13.7. The fourth-order valence-corrected chi connectivity index (χ4v) is 3.88. The molecule has 0 radical (unpaired) electrons. The predicted molar refractivity (Wildman–Crippen MR) is 134 cm³/mol. The monoisotopic (exact) mass is 442 g/mol. The molecule has 33 heavy (non-hydrogen) atoms. The number of amides is 2. The van der Waals surface area contributed by atoms with Crippen molar-refractivity contribution in [2.75, 3.05) is 6.54 Å². The Morgan fingerprint density at radius 2 is 1.52 bits per heavy atom. The van der Waals surface area contributed by atoms with Crippen LogP contribution in [0.15, 0.2) is 78.9 Å². The fraction of sp³-hybridized carbons (Fsp3) is 0.310. The van der Waals surface area contributed by atoms with E-state index in [9.17, 15) is 9.59 Å². The second kappa shape index (κ2) is 12.0. The van der Waals surface area contributed by atoms with E-state index < -0.39 is 6.04 Å². The van der Waals surface area contributed by atoms with Crippen molar-refractivity contribution < 1.29 is 9.59 Å². The zero-order valence-corrected chi connectivity index (χ0v) is 19.9. The molecule has 0 aliphatic heterocycles. The third-order valence-electron chi connectivity index (χ3n) is 5.90. The van der Waals surface area contributed by atoms with Crippen LogP contribution in [0.1, 0.15) is 41.2 Å². The molecule has 0 bridgehead atoms. The highest BCUT2D eigenvalue weighted by Gasteiger charge is 2.30. The molecule has 0 aliphatic rings. The van der Waals surface area contributed by atoms with Crippen molar-refractivity contribution in [1.82, 2.24) is 10.2 Å². The lowest BCUT2D eigenvalue weighted by molar-refractivity contribution is -0.140. The summed E-state index contributed by atoms with van der Waals surface area (Å²) in [5.74, 6) is -0.150. The minimum Gasteiger partial charge on any atom is -0.354 e. The van der Waals surface area contributed by atoms with Gasteiger partial charge < -0.3 is 10.2 Å². The van der Waals surface area contributed by atoms with E-state index in [0.29, 0.717) is 19.5 Å². The number of carbonyl (C=O) groups excluding carboxylic acids is 2. The van der Waals surface area contributed by atoms with Gasteiger partial charge >= 0.3 is 0 Å². The molecule has 1 atom stereocenters. The fourth-order valence-electron chi connectivity index (χ4n) is 3.88. The molecule has 0 aromatic heterocycles. The normalized spacial score (nSPS) is 11.6. The van der Waals surface area contributed by atoms with E-state index in [1.165, 1.54) is 0 Å². The first-order valence-corrected chi connectivity index (χ1v) is 11.7. The van der Waals surface area contributed by atoms with Crippen LogP contribution in [0.4, 0.5) is 0 Å². The lowest BCUT2D eigenvalue weighted by atomic mass is 10.00. The second-order valence-corrected chi connectivity index (χ2v) is 8.61. The van der Waals surface area contributed by atoms with E-state index in [1.54, 1.807) is 4.90 Å². The third kappa shape index (κ3) is 7.04. The number of hydrogen-bond acceptors (Lipinski definition) is 2. The van der Waals surface area contributed by atoms with Crippen molar-refractivity contribution in [2.24, 2.45) is 0 Å². The van der Waals surface area contributed by atoms with Gasteiger partial charge in [-0.05, 0) is 42.5 Å². The highest BCUT2D eigenvalue weighted by atomic mass is 16.2. The summed E-state index contributed by atoms with van der Waals surface area (Å²) in [6.07, 6.45) is 1.59. The van der Waals surface area contributed by atoms with Crippen LogP contribution in [0.2, 0.25) is 0 Å². The van der Waals surface area contributed by atoms with E-state index in [-0.39, 0.29) is 18.2 Å². The van der Waals surface area contributed by atoms with Gasteiger partial charge in [-0.15, -0.1) is 0 Å². The molecule has 0 fully saturated rings. The summed E-state index contributed by atoms with van der Waals surface area (Å²) >= 11 is 0. The van der Waals surface area contributed by atoms with Crippen LogP contribution in [0.3, 0.4) is 0 Å². The van der Waals surface area contributed by atoms with E-state index in [0.717, 1.165) is 34.2 Å². The van der Waals surface area contributed by atoms with E-state index in [1.807, 2.05) is 99.6 Å². The lowest BCUT2D eigenvalue weighted by Gasteiger charge is -2.32. The van der Waals surface area contributed by atoms with Crippen LogP contribution in [-0.2, 0) is 29.0 Å². The largest absolute Gasteiger partial charge is 0.354 e. The number of benzene rings is 3. The number of nitrogens with one attached hydrogen (secondary N) is 1. The summed E-state index contributed by atoms with van der Waals surface area (Å²) in [4.78, 5) is 28.8. The molecule has 0 spiro atoms. The van der Waals surface area contributed by atoms with Crippen LogP contribution >= 0.6 is 0 Å². The van der Waals surface area contributed by atoms with E-state index in [4.69, 9.17) is 0 Å². The van der Waals surface area contributed by atoms with Gasteiger partial charge in [-0.2, -0.15) is 0 Å². The van der Waals surface area contributed by atoms with E-state index in [2.05, 4.69) is 5.32 Å². The van der Waals surface area contributed by atoms with Gasteiger partial charge in [0.1, 0.15) is 6.04 Å². The van der Waals surface area contributed by atoms with Gasteiger partial charge in [0.15, 0.2) is 0 Å². The van der Waals surface area contributed by atoms with Crippen LogP contribution in [0, 0.1) is 13.8 Å². The minimum atomic E-state index is -0.586. The van der Waals surface area contributed by atoms with E-state index >= 15 is 0 Å². The molecule has 1 unspecified atom stereocenters. The number of hydrogen-bond donors (Lipinski definition) is 1. The lowest BCUT2D eigenvalue weighted by Crippen LogP contribution is -2.51. The van der Waals surface area contributed by atoms with Crippen molar-refractivity contribution in [2.45, 2.75) is 52.6 Å². The standard InChI is InChI=1S/C29H34N2O2/c1-4-18-30-29(33)27(19-24-11-6-5-7-12-24)31(21-25-16-14-22(2)15-17-25)28(32)20-26-13-9-8-10-23(26)3/h5-17,27H,4,18-21H2,1-3H3,(H,30,33). The van der Waals surface area contributed by atoms with Gasteiger partial charge in [0.05, 0.1) is 6.42 Å². The number of carbonyl (C=O) groups is 2. The molecule has 0 aliphatic carbocycles. The molecule has 4 heteroatoms. The molecule has 0 heterocycles. The van der Waals surface area contributed by atoms with Crippen molar-refractivity contribution in [3.8, 4) is 0 Å². The van der Waals surface area contributed by atoms with Gasteiger partial charge in [0.2, 0.25) is 11.8 Å². The van der Waals surface area contributed by atoms with Gasteiger partial charge in [-0.3, -0.25) is 9.59 Å². The van der Waals surface area contributed by atoms with Crippen molar-refractivity contribution in [3.05, 3.63) is 107 Å². The second-order valence-electron chi connectivity index (χ2n) is 8.61. The first-order chi connectivity index (χ1) is 16.0. The molecule has 3 rings (SSSR count). The summed E-state index contributed by atoms with van der Waals surface area (Å²) in [6, 6.07) is 25.4. The van der Waals surface area contributed by atoms with Crippen LogP contribution < -0.4 is 5.32 Å². The highest BCUT2D eigenvalue weighted by Crippen LogP contribution is 2.18. The first kappa shape index (κ1) is 24.2. The van der Waals surface area contributed by atoms with Gasteiger partial charge in [0.25, 0.3) is 0 Å². The molecule has 0 saturated heterocycles. The maximum absolute atomic E-state index is 13.7. The maximum Gasteiger partial charge on any atom is 0.243 e. The smallest absolute Gasteiger partial charge is 0.243 e. The SMILES string of the molecule is CCCNC(=O)C(Cc1ccccc1)N(Cc1ccc(C)cc1)C(=O)Cc1ccccc1C. The molecule has 1 N–H and O–H groups in total. The zero-order chi connectivity index (χ0) is 23.6. The topological polar surface area (TPSA) is 49.4 Å². The summed E-state index contributed by atoms with van der Waals surface area (Å²) in [5, 5.41) is 3.03. The third-order valence-corrected chi connectivity index (χ3v) is 5.90. The summed E-state index contributed by atoms with van der Waals surface area (Å²) in [7, 11) is 0. The Balaban J connectivity index is 1.95. The Morgan fingerprint density at radius 1 is 0.848 bits per heavy atom. The Labute approximate surface area is 197 Å².